The average Bonchev–Trinajstić information content (AvgIpc) is 2.52. The minimum atomic E-state index is 0.269. The zero-order valence-corrected chi connectivity index (χ0v) is 10.0. The van der Waals surface area contributed by atoms with Crippen LogP contribution in [0.2, 0.25) is 0 Å². The van der Waals surface area contributed by atoms with Crippen molar-refractivity contribution in [2.45, 2.75) is 32.1 Å². The van der Waals surface area contributed by atoms with E-state index in [0.29, 0.717) is 5.41 Å². The molecule has 0 bridgehead atoms. The molecule has 0 amide bonds. The number of phenols is 1. The van der Waals surface area contributed by atoms with Crippen LogP contribution in [0.4, 0.5) is 5.69 Å². The Morgan fingerprint density at radius 3 is 2.82 bits per heavy atom. The Morgan fingerprint density at radius 1 is 1.18 bits per heavy atom. The topological polar surface area (TPSA) is 41.5 Å². The van der Waals surface area contributed by atoms with E-state index in [1.54, 1.807) is 12.1 Å². The number of anilines is 1. The lowest BCUT2D eigenvalue weighted by Gasteiger charge is -2.35. The zero-order valence-electron chi connectivity index (χ0n) is 10.0. The van der Waals surface area contributed by atoms with Crippen molar-refractivity contribution in [3.63, 3.8) is 0 Å². The summed E-state index contributed by atoms with van der Waals surface area (Å²) in [6.07, 6.45) is 6.48. The van der Waals surface area contributed by atoms with Gasteiger partial charge in [-0.15, -0.1) is 0 Å². The van der Waals surface area contributed by atoms with Crippen LogP contribution in [0.5, 0.6) is 11.5 Å². The normalized spacial score (nSPS) is 22.1. The van der Waals surface area contributed by atoms with Gasteiger partial charge in [0.25, 0.3) is 0 Å². The number of nitrogens with one attached hydrogen (secondary N) is 1. The first-order valence-corrected chi connectivity index (χ1v) is 6.47. The molecule has 0 atom stereocenters. The highest BCUT2D eigenvalue weighted by atomic mass is 16.5. The van der Waals surface area contributed by atoms with Crippen LogP contribution in [0, 0.1) is 5.41 Å². The highest BCUT2D eigenvalue weighted by molar-refractivity contribution is 5.59. The first kappa shape index (κ1) is 10.8. The van der Waals surface area contributed by atoms with E-state index >= 15 is 0 Å². The molecule has 2 aliphatic rings. The lowest BCUT2D eigenvalue weighted by molar-refractivity contribution is 0.115. The van der Waals surface area contributed by atoms with Crippen molar-refractivity contribution in [2.24, 2.45) is 5.41 Å². The number of ether oxygens (including phenoxy) is 1. The second-order valence-electron chi connectivity index (χ2n) is 5.38. The smallest absolute Gasteiger partial charge is 0.146 e. The number of hydrogen-bond acceptors (Lipinski definition) is 3. The Hall–Kier alpha value is -1.38. The summed E-state index contributed by atoms with van der Waals surface area (Å²) in [5.74, 6) is 1.05. The quantitative estimate of drug-likeness (QED) is 0.676. The van der Waals surface area contributed by atoms with Crippen LogP contribution in [0.25, 0.3) is 0 Å². The van der Waals surface area contributed by atoms with Gasteiger partial charge < -0.3 is 15.2 Å². The van der Waals surface area contributed by atoms with Crippen LogP contribution >= 0.6 is 0 Å². The number of fused-ring (bicyclic) bond motifs is 1. The van der Waals surface area contributed by atoms with Crippen molar-refractivity contribution in [3.05, 3.63) is 18.2 Å². The Labute approximate surface area is 102 Å². The number of benzene rings is 1. The standard InChI is InChI=1S/C14H19NO2/c16-11-4-5-12-13(8-11)17-10-14(9-15-12)6-2-1-3-7-14/h4-5,8,15-16H,1-3,6-7,9-10H2. The first-order valence-electron chi connectivity index (χ1n) is 6.47. The van der Waals surface area contributed by atoms with Crippen LogP contribution in [-0.4, -0.2) is 18.3 Å². The second kappa shape index (κ2) is 4.13. The monoisotopic (exact) mass is 233 g/mol. The Balaban J connectivity index is 1.82. The molecule has 17 heavy (non-hydrogen) atoms. The van der Waals surface area contributed by atoms with Gasteiger partial charge in [0.2, 0.25) is 0 Å². The van der Waals surface area contributed by atoms with Gasteiger partial charge in [0.1, 0.15) is 11.5 Å². The molecule has 1 aliphatic carbocycles. The molecule has 3 rings (SSSR count). The van der Waals surface area contributed by atoms with Crippen molar-refractivity contribution in [2.75, 3.05) is 18.5 Å². The van der Waals surface area contributed by atoms with E-state index in [1.807, 2.05) is 6.07 Å². The van der Waals surface area contributed by atoms with Crippen molar-refractivity contribution >= 4 is 5.69 Å². The van der Waals surface area contributed by atoms with Crippen molar-refractivity contribution in [1.82, 2.24) is 0 Å². The van der Waals surface area contributed by atoms with Gasteiger partial charge in [-0.25, -0.2) is 0 Å². The largest absolute Gasteiger partial charge is 0.508 e. The summed E-state index contributed by atoms with van der Waals surface area (Å²) in [5.41, 5.74) is 1.30. The van der Waals surface area contributed by atoms with Gasteiger partial charge in [0, 0.05) is 18.0 Å². The molecule has 1 aromatic carbocycles. The Bertz CT molecular complexity index is 411. The number of aromatic hydroxyl groups is 1. The molecule has 1 spiro atoms. The third-order valence-corrected chi connectivity index (χ3v) is 4.07. The highest BCUT2D eigenvalue weighted by Crippen LogP contribution is 2.41. The molecule has 0 unspecified atom stereocenters. The molecule has 92 valence electrons. The third-order valence-electron chi connectivity index (χ3n) is 4.07. The van der Waals surface area contributed by atoms with Crippen molar-refractivity contribution in [3.8, 4) is 11.5 Å². The highest BCUT2D eigenvalue weighted by Gasteiger charge is 2.34. The number of phenolic OH excluding ortho intramolecular Hbond substituents is 1. The van der Waals surface area contributed by atoms with E-state index < -0.39 is 0 Å². The number of rotatable bonds is 0. The van der Waals surface area contributed by atoms with Gasteiger partial charge in [0.05, 0.1) is 12.3 Å². The molecular formula is C14H19NO2. The maximum absolute atomic E-state index is 9.47. The fraction of sp³-hybridized carbons (Fsp3) is 0.571. The SMILES string of the molecule is Oc1ccc2c(c1)OCC1(CCCCC1)CN2. The molecule has 0 radical (unpaired) electrons. The van der Waals surface area contributed by atoms with Crippen LogP contribution in [-0.2, 0) is 0 Å². The molecule has 1 heterocycles. The maximum atomic E-state index is 9.47. The summed E-state index contributed by atoms with van der Waals surface area (Å²) in [6.45, 7) is 1.77. The molecule has 2 N–H and O–H groups in total. The minimum Gasteiger partial charge on any atom is -0.508 e. The summed E-state index contributed by atoms with van der Waals surface area (Å²) < 4.78 is 5.90. The molecule has 3 heteroatoms. The molecular weight excluding hydrogens is 214 g/mol. The van der Waals surface area contributed by atoms with Gasteiger partial charge in [-0.3, -0.25) is 0 Å². The molecule has 0 aromatic heterocycles. The maximum Gasteiger partial charge on any atom is 0.146 e. The molecule has 3 nitrogen and oxygen atoms in total. The molecule has 1 aliphatic heterocycles. The molecule has 1 fully saturated rings. The van der Waals surface area contributed by atoms with Gasteiger partial charge in [-0.2, -0.15) is 0 Å². The Kier molecular flexibility index (Phi) is 2.61. The van der Waals surface area contributed by atoms with Crippen molar-refractivity contribution < 1.29 is 9.84 Å². The van der Waals surface area contributed by atoms with E-state index in [-0.39, 0.29) is 5.75 Å². The van der Waals surface area contributed by atoms with E-state index in [2.05, 4.69) is 5.32 Å². The minimum absolute atomic E-state index is 0.269. The molecule has 0 saturated heterocycles. The molecule has 1 saturated carbocycles. The van der Waals surface area contributed by atoms with E-state index in [1.165, 1.54) is 32.1 Å². The van der Waals surface area contributed by atoms with E-state index in [4.69, 9.17) is 4.74 Å². The first-order chi connectivity index (χ1) is 8.27. The van der Waals surface area contributed by atoms with Crippen LogP contribution in [0.3, 0.4) is 0 Å². The predicted molar refractivity (Wildman–Crippen MR) is 67.6 cm³/mol. The second-order valence-corrected chi connectivity index (χ2v) is 5.38. The van der Waals surface area contributed by atoms with Gasteiger partial charge in [-0.05, 0) is 25.0 Å². The fourth-order valence-corrected chi connectivity index (χ4v) is 2.96. The summed E-state index contributed by atoms with van der Waals surface area (Å²) in [7, 11) is 0. The Morgan fingerprint density at radius 2 is 2.00 bits per heavy atom. The van der Waals surface area contributed by atoms with Crippen LogP contribution in [0.15, 0.2) is 18.2 Å². The predicted octanol–water partition coefficient (Wildman–Crippen LogP) is 3.15. The summed E-state index contributed by atoms with van der Waals surface area (Å²) in [5, 5.41) is 13.0. The van der Waals surface area contributed by atoms with Gasteiger partial charge in [-0.1, -0.05) is 19.3 Å². The lowest BCUT2D eigenvalue weighted by Crippen LogP contribution is -2.36. The average molecular weight is 233 g/mol. The summed E-state index contributed by atoms with van der Waals surface area (Å²) in [6, 6.07) is 5.30. The molecule has 1 aromatic rings. The van der Waals surface area contributed by atoms with E-state index in [9.17, 15) is 5.11 Å². The van der Waals surface area contributed by atoms with E-state index in [0.717, 1.165) is 24.6 Å². The summed E-state index contributed by atoms with van der Waals surface area (Å²) in [4.78, 5) is 0. The third kappa shape index (κ3) is 2.06. The lowest BCUT2D eigenvalue weighted by atomic mass is 9.74. The van der Waals surface area contributed by atoms with Gasteiger partial charge >= 0.3 is 0 Å². The van der Waals surface area contributed by atoms with Gasteiger partial charge in [0.15, 0.2) is 0 Å². The fourth-order valence-electron chi connectivity index (χ4n) is 2.96. The summed E-state index contributed by atoms with van der Waals surface area (Å²) >= 11 is 0. The van der Waals surface area contributed by atoms with Crippen molar-refractivity contribution in [1.29, 1.82) is 0 Å². The van der Waals surface area contributed by atoms with Crippen LogP contribution in [0.1, 0.15) is 32.1 Å². The zero-order chi connectivity index (χ0) is 11.7. The van der Waals surface area contributed by atoms with Crippen LogP contribution < -0.4 is 10.1 Å². The number of hydrogen-bond donors (Lipinski definition) is 2.